The van der Waals surface area contributed by atoms with Crippen molar-refractivity contribution in [1.82, 2.24) is 4.90 Å². The Kier molecular flexibility index (Phi) is 6.41. The van der Waals surface area contributed by atoms with Crippen molar-refractivity contribution in [1.29, 1.82) is 0 Å². The van der Waals surface area contributed by atoms with Crippen LogP contribution < -0.4 is 0 Å². The van der Waals surface area contributed by atoms with E-state index in [-0.39, 0.29) is 29.4 Å². The van der Waals surface area contributed by atoms with Crippen molar-refractivity contribution >= 4 is 27.8 Å². The maximum Gasteiger partial charge on any atom is 0.331 e. The number of hydrogen-bond acceptors (Lipinski definition) is 6. The lowest BCUT2D eigenvalue weighted by Gasteiger charge is -2.29. The van der Waals surface area contributed by atoms with Gasteiger partial charge in [-0.05, 0) is 30.5 Å². The minimum atomic E-state index is -3.10. The van der Waals surface area contributed by atoms with Gasteiger partial charge in [-0.1, -0.05) is 13.8 Å². The molecule has 1 aliphatic rings. The van der Waals surface area contributed by atoms with Gasteiger partial charge >= 0.3 is 5.97 Å². The van der Waals surface area contributed by atoms with E-state index in [0.717, 1.165) is 0 Å². The van der Waals surface area contributed by atoms with Gasteiger partial charge in [0, 0.05) is 18.7 Å². The number of furan rings is 1. The number of carbonyl (C=O) groups is 2. The molecule has 0 spiro atoms. The average Bonchev–Trinajstić information content (AvgIpc) is 3.17. The van der Waals surface area contributed by atoms with Crippen LogP contribution in [0.3, 0.4) is 0 Å². The summed E-state index contributed by atoms with van der Waals surface area (Å²) in [6.07, 6.45) is 4.53. The molecule has 1 atom stereocenters. The standard InChI is InChI=1S/C17H23NO6S/c1-13(2)10-18(14-7-9-25(21,22)12-14)16(19)11-24-17(20)6-5-15-4-3-8-23-15/h3-6,8,13-14H,7,9-12H2,1-2H3/b6-5+/t14-/m1/s1. The number of nitrogens with zero attached hydrogens (tertiary/aromatic N) is 1. The number of esters is 1. The predicted molar refractivity (Wildman–Crippen MR) is 92.3 cm³/mol. The van der Waals surface area contributed by atoms with Crippen LogP contribution in [0.1, 0.15) is 26.0 Å². The Balaban J connectivity index is 1.91. The van der Waals surface area contributed by atoms with Crippen molar-refractivity contribution in [2.24, 2.45) is 5.92 Å². The third-order valence-electron chi connectivity index (χ3n) is 3.80. The summed E-state index contributed by atoms with van der Waals surface area (Å²) >= 11 is 0. The highest BCUT2D eigenvalue weighted by molar-refractivity contribution is 7.91. The second-order valence-corrected chi connectivity index (χ2v) is 8.68. The van der Waals surface area contributed by atoms with Gasteiger partial charge in [-0.3, -0.25) is 4.79 Å². The lowest BCUT2D eigenvalue weighted by atomic mass is 10.1. The number of hydrogen-bond donors (Lipinski definition) is 0. The van der Waals surface area contributed by atoms with E-state index in [0.29, 0.717) is 18.7 Å². The van der Waals surface area contributed by atoms with E-state index in [1.807, 2.05) is 13.8 Å². The second kappa shape index (κ2) is 8.33. The Bertz CT molecular complexity index is 720. The molecule has 7 nitrogen and oxygen atoms in total. The minimum absolute atomic E-state index is 0.0300. The molecule has 1 aliphatic heterocycles. The van der Waals surface area contributed by atoms with Gasteiger partial charge in [0.2, 0.25) is 0 Å². The zero-order chi connectivity index (χ0) is 18.4. The number of carbonyl (C=O) groups excluding carboxylic acids is 2. The molecule has 1 aromatic rings. The van der Waals surface area contributed by atoms with Gasteiger partial charge in [0.1, 0.15) is 5.76 Å². The Labute approximate surface area is 147 Å². The van der Waals surface area contributed by atoms with Gasteiger partial charge in [-0.25, -0.2) is 13.2 Å². The molecule has 138 valence electrons. The van der Waals surface area contributed by atoms with Crippen LogP contribution in [0.25, 0.3) is 6.08 Å². The summed E-state index contributed by atoms with van der Waals surface area (Å²) in [5.41, 5.74) is 0. The normalized spacial score (nSPS) is 19.4. The largest absolute Gasteiger partial charge is 0.465 e. The average molecular weight is 369 g/mol. The summed E-state index contributed by atoms with van der Waals surface area (Å²) in [5, 5.41) is 0. The molecule has 0 aliphatic carbocycles. The van der Waals surface area contributed by atoms with Crippen molar-refractivity contribution in [3.63, 3.8) is 0 Å². The van der Waals surface area contributed by atoms with Crippen LogP contribution in [0.5, 0.6) is 0 Å². The van der Waals surface area contributed by atoms with Crippen LogP contribution in [0.4, 0.5) is 0 Å². The molecular weight excluding hydrogens is 346 g/mol. The highest BCUT2D eigenvalue weighted by Crippen LogP contribution is 2.19. The Morgan fingerprint density at radius 1 is 1.44 bits per heavy atom. The fraction of sp³-hybridized carbons (Fsp3) is 0.529. The Morgan fingerprint density at radius 2 is 2.20 bits per heavy atom. The van der Waals surface area contributed by atoms with E-state index >= 15 is 0 Å². The summed E-state index contributed by atoms with van der Waals surface area (Å²) < 4.78 is 33.4. The maximum atomic E-state index is 12.4. The minimum Gasteiger partial charge on any atom is -0.465 e. The van der Waals surface area contributed by atoms with E-state index in [1.54, 1.807) is 12.1 Å². The van der Waals surface area contributed by atoms with E-state index in [1.165, 1.54) is 23.3 Å². The third-order valence-corrected chi connectivity index (χ3v) is 5.55. The zero-order valence-corrected chi connectivity index (χ0v) is 15.2. The molecule has 1 aromatic heterocycles. The molecule has 2 heterocycles. The molecule has 0 bridgehead atoms. The number of amides is 1. The summed E-state index contributed by atoms with van der Waals surface area (Å²) in [6, 6.07) is 3.02. The molecule has 0 saturated carbocycles. The molecule has 2 rings (SSSR count). The third kappa shape index (κ3) is 6.04. The van der Waals surface area contributed by atoms with E-state index in [4.69, 9.17) is 9.15 Å². The Morgan fingerprint density at radius 3 is 2.76 bits per heavy atom. The van der Waals surface area contributed by atoms with E-state index < -0.39 is 22.4 Å². The second-order valence-electron chi connectivity index (χ2n) is 6.45. The van der Waals surface area contributed by atoms with Crippen molar-refractivity contribution in [3.05, 3.63) is 30.2 Å². The first-order chi connectivity index (χ1) is 11.8. The monoisotopic (exact) mass is 369 g/mol. The molecule has 25 heavy (non-hydrogen) atoms. The highest BCUT2D eigenvalue weighted by atomic mass is 32.2. The van der Waals surface area contributed by atoms with Crippen LogP contribution in [-0.2, 0) is 24.2 Å². The highest BCUT2D eigenvalue weighted by Gasteiger charge is 2.35. The van der Waals surface area contributed by atoms with Gasteiger partial charge in [-0.15, -0.1) is 0 Å². The predicted octanol–water partition coefficient (Wildman–Crippen LogP) is 1.51. The molecule has 0 aromatic carbocycles. The fourth-order valence-electron chi connectivity index (χ4n) is 2.67. The molecule has 1 amide bonds. The van der Waals surface area contributed by atoms with E-state index in [9.17, 15) is 18.0 Å². The molecule has 0 unspecified atom stereocenters. The van der Waals surface area contributed by atoms with Crippen LogP contribution in [0, 0.1) is 5.92 Å². The van der Waals surface area contributed by atoms with Crippen LogP contribution in [0.2, 0.25) is 0 Å². The fourth-order valence-corrected chi connectivity index (χ4v) is 4.40. The van der Waals surface area contributed by atoms with Gasteiger partial charge in [0.15, 0.2) is 16.4 Å². The Hall–Kier alpha value is -2.09. The summed E-state index contributed by atoms with van der Waals surface area (Å²) in [5.74, 6) is -0.297. The topological polar surface area (TPSA) is 93.9 Å². The number of ether oxygens (including phenoxy) is 1. The quantitative estimate of drug-likeness (QED) is 0.534. The van der Waals surface area contributed by atoms with E-state index in [2.05, 4.69) is 0 Å². The van der Waals surface area contributed by atoms with Gasteiger partial charge in [0.05, 0.1) is 17.8 Å². The van der Waals surface area contributed by atoms with Crippen molar-refractivity contribution in [2.45, 2.75) is 26.3 Å². The first-order valence-electron chi connectivity index (χ1n) is 8.15. The van der Waals surface area contributed by atoms with Crippen LogP contribution in [-0.4, -0.2) is 55.9 Å². The number of sulfone groups is 1. The first-order valence-corrected chi connectivity index (χ1v) is 9.97. The summed E-state index contributed by atoms with van der Waals surface area (Å²) in [7, 11) is -3.10. The summed E-state index contributed by atoms with van der Waals surface area (Å²) in [6.45, 7) is 3.91. The van der Waals surface area contributed by atoms with Gasteiger partial charge < -0.3 is 14.1 Å². The first kappa shape index (κ1) is 19.2. The van der Waals surface area contributed by atoms with Crippen molar-refractivity contribution < 1.29 is 27.2 Å². The van der Waals surface area contributed by atoms with Crippen molar-refractivity contribution in [3.8, 4) is 0 Å². The molecule has 0 N–H and O–H groups in total. The summed E-state index contributed by atoms with van der Waals surface area (Å²) in [4.78, 5) is 25.6. The van der Waals surface area contributed by atoms with Gasteiger partial charge in [-0.2, -0.15) is 0 Å². The maximum absolute atomic E-state index is 12.4. The smallest absolute Gasteiger partial charge is 0.331 e. The molecular formula is C17H23NO6S. The molecule has 0 radical (unpaired) electrons. The van der Waals surface area contributed by atoms with Gasteiger partial charge in [0.25, 0.3) is 5.91 Å². The zero-order valence-electron chi connectivity index (χ0n) is 14.4. The van der Waals surface area contributed by atoms with Crippen molar-refractivity contribution in [2.75, 3.05) is 24.7 Å². The number of rotatable bonds is 7. The lowest BCUT2D eigenvalue weighted by Crippen LogP contribution is -2.45. The van der Waals surface area contributed by atoms with Crippen LogP contribution >= 0.6 is 0 Å². The molecule has 8 heteroatoms. The SMILES string of the molecule is CC(C)CN(C(=O)COC(=O)/C=C/c1ccco1)[C@@H]1CCS(=O)(=O)C1. The molecule has 1 saturated heterocycles. The van der Waals surface area contributed by atoms with Crippen LogP contribution in [0.15, 0.2) is 28.9 Å². The molecule has 1 fully saturated rings. The lowest BCUT2D eigenvalue weighted by molar-refractivity contribution is -0.149.